The summed E-state index contributed by atoms with van der Waals surface area (Å²) in [6.45, 7) is 2.14. The van der Waals surface area contributed by atoms with Crippen LogP contribution in [0.15, 0.2) is 29.2 Å². The van der Waals surface area contributed by atoms with Crippen LogP contribution in [0.25, 0.3) is 0 Å². The van der Waals surface area contributed by atoms with Crippen molar-refractivity contribution in [1.29, 1.82) is 0 Å². The molecule has 0 saturated heterocycles. The fraction of sp³-hybridized carbons (Fsp3) is 0.467. The first-order chi connectivity index (χ1) is 9.06. The van der Waals surface area contributed by atoms with Crippen LogP contribution in [0, 0.1) is 19.3 Å². The van der Waals surface area contributed by atoms with Gasteiger partial charge < -0.3 is 0 Å². The highest BCUT2D eigenvalue weighted by Crippen LogP contribution is 2.14. The Bertz CT molecular complexity index is 509. The summed E-state index contributed by atoms with van der Waals surface area (Å²) in [5.74, 6) is 2.58. The van der Waals surface area contributed by atoms with Crippen LogP contribution >= 0.6 is 0 Å². The van der Waals surface area contributed by atoms with E-state index in [-0.39, 0.29) is 11.5 Å². The molecule has 0 radical (unpaired) electrons. The summed E-state index contributed by atoms with van der Waals surface area (Å²) < 4.78 is 28.7. The summed E-state index contributed by atoms with van der Waals surface area (Å²) in [4.78, 5) is 0.213. The smallest absolute Gasteiger partial charge is 0.266 e. The summed E-state index contributed by atoms with van der Waals surface area (Å²) in [5, 5.41) is 0. The molecule has 0 fully saturated rings. The van der Waals surface area contributed by atoms with E-state index in [0.717, 1.165) is 37.7 Å². The van der Waals surface area contributed by atoms with Gasteiger partial charge in [0.2, 0.25) is 0 Å². The van der Waals surface area contributed by atoms with E-state index in [1.807, 2.05) is 6.92 Å². The maximum atomic E-state index is 11.8. The van der Waals surface area contributed by atoms with Crippen LogP contribution in [0.3, 0.4) is 0 Å². The van der Waals surface area contributed by atoms with E-state index in [1.165, 1.54) is 0 Å². The first-order valence-electron chi connectivity index (χ1n) is 6.46. The summed E-state index contributed by atoms with van der Waals surface area (Å²) in [6, 6.07) is 6.65. The third-order valence-electron chi connectivity index (χ3n) is 2.76. The highest BCUT2D eigenvalue weighted by molar-refractivity contribution is 7.86. The topological polar surface area (TPSA) is 43.4 Å². The van der Waals surface area contributed by atoms with Gasteiger partial charge in [-0.15, -0.1) is 12.3 Å². The molecule has 0 bridgehead atoms. The maximum absolute atomic E-state index is 11.8. The molecule has 3 nitrogen and oxygen atoms in total. The fourth-order valence-electron chi connectivity index (χ4n) is 1.62. The van der Waals surface area contributed by atoms with Crippen molar-refractivity contribution in [3.05, 3.63) is 29.8 Å². The largest absolute Gasteiger partial charge is 0.296 e. The number of hydrogen-bond donors (Lipinski definition) is 0. The zero-order chi connectivity index (χ0) is 14.1. The molecule has 0 amide bonds. The van der Waals surface area contributed by atoms with E-state index in [2.05, 4.69) is 5.92 Å². The Morgan fingerprint density at radius 3 is 2.37 bits per heavy atom. The predicted octanol–water partition coefficient (Wildman–Crippen LogP) is 3.28. The summed E-state index contributed by atoms with van der Waals surface area (Å²) >= 11 is 0. The first-order valence-corrected chi connectivity index (χ1v) is 7.86. The van der Waals surface area contributed by atoms with Crippen molar-refractivity contribution in [2.24, 2.45) is 0 Å². The Kier molecular flexibility index (Phi) is 6.61. The lowest BCUT2D eigenvalue weighted by molar-refractivity contribution is 0.306. The van der Waals surface area contributed by atoms with Gasteiger partial charge in [-0.25, -0.2) is 0 Å². The van der Waals surface area contributed by atoms with Gasteiger partial charge in [-0.3, -0.25) is 4.18 Å². The van der Waals surface area contributed by atoms with Gasteiger partial charge in [-0.1, -0.05) is 30.5 Å². The van der Waals surface area contributed by atoms with Crippen molar-refractivity contribution in [2.75, 3.05) is 6.61 Å². The van der Waals surface area contributed by atoms with Crippen molar-refractivity contribution >= 4 is 10.1 Å². The molecule has 19 heavy (non-hydrogen) atoms. The van der Waals surface area contributed by atoms with Gasteiger partial charge in [-0.05, 0) is 31.9 Å². The van der Waals surface area contributed by atoms with Crippen LogP contribution in [0.5, 0.6) is 0 Å². The van der Waals surface area contributed by atoms with Gasteiger partial charge in [0.25, 0.3) is 10.1 Å². The molecule has 1 aromatic carbocycles. The van der Waals surface area contributed by atoms with Crippen LogP contribution in [-0.4, -0.2) is 15.0 Å². The average molecular weight is 280 g/mol. The van der Waals surface area contributed by atoms with Crippen LogP contribution in [0.4, 0.5) is 0 Å². The van der Waals surface area contributed by atoms with Gasteiger partial charge in [0.15, 0.2) is 0 Å². The molecule has 0 aliphatic rings. The monoisotopic (exact) mass is 280 g/mol. The van der Waals surface area contributed by atoms with Gasteiger partial charge in [-0.2, -0.15) is 8.42 Å². The molecular weight excluding hydrogens is 260 g/mol. The maximum Gasteiger partial charge on any atom is 0.296 e. The number of benzene rings is 1. The average Bonchev–Trinajstić information content (AvgIpc) is 2.38. The third-order valence-corrected chi connectivity index (χ3v) is 4.09. The second-order valence-corrected chi connectivity index (χ2v) is 6.07. The van der Waals surface area contributed by atoms with E-state index < -0.39 is 10.1 Å². The Morgan fingerprint density at radius 2 is 1.74 bits per heavy atom. The molecule has 0 spiro atoms. The second-order valence-electron chi connectivity index (χ2n) is 4.46. The van der Waals surface area contributed by atoms with Crippen molar-refractivity contribution < 1.29 is 12.6 Å². The molecule has 0 heterocycles. The summed E-state index contributed by atoms with van der Waals surface area (Å²) in [5.41, 5.74) is 1.02. The number of aryl methyl sites for hydroxylation is 1. The van der Waals surface area contributed by atoms with Gasteiger partial charge in [0.05, 0.1) is 11.5 Å². The highest BCUT2D eigenvalue weighted by Gasteiger charge is 2.13. The van der Waals surface area contributed by atoms with E-state index in [4.69, 9.17) is 10.6 Å². The van der Waals surface area contributed by atoms with E-state index in [1.54, 1.807) is 24.3 Å². The van der Waals surface area contributed by atoms with Gasteiger partial charge in [0.1, 0.15) is 0 Å². The molecule has 1 rings (SSSR count). The minimum absolute atomic E-state index is 0.213. The minimum atomic E-state index is -3.61. The van der Waals surface area contributed by atoms with E-state index in [9.17, 15) is 8.42 Å². The lowest BCUT2D eigenvalue weighted by Gasteiger charge is -2.05. The molecule has 0 aliphatic carbocycles. The Morgan fingerprint density at radius 1 is 1.11 bits per heavy atom. The molecule has 4 heteroatoms. The quantitative estimate of drug-likeness (QED) is 0.417. The molecule has 0 saturated carbocycles. The molecule has 0 atom stereocenters. The van der Waals surface area contributed by atoms with Crippen LogP contribution in [0.1, 0.15) is 37.7 Å². The molecule has 0 aliphatic heterocycles. The molecule has 0 N–H and O–H groups in total. The minimum Gasteiger partial charge on any atom is -0.266 e. The van der Waals surface area contributed by atoms with E-state index in [0.29, 0.717) is 0 Å². The molecule has 0 aromatic heterocycles. The number of rotatable bonds is 8. The highest BCUT2D eigenvalue weighted by atomic mass is 32.2. The zero-order valence-corrected chi connectivity index (χ0v) is 12.1. The van der Waals surface area contributed by atoms with Crippen molar-refractivity contribution in [2.45, 2.75) is 43.9 Å². The number of unbranched alkanes of at least 4 members (excludes halogenated alkanes) is 4. The predicted molar refractivity (Wildman–Crippen MR) is 76.2 cm³/mol. The summed E-state index contributed by atoms with van der Waals surface area (Å²) in [6.07, 6.45) is 9.59. The van der Waals surface area contributed by atoms with Crippen molar-refractivity contribution in [1.82, 2.24) is 0 Å². The van der Waals surface area contributed by atoms with Crippen LogP contribution in [-0.2, 0) is 14.3 Å². The molecule has 0 unspecified atom stereocenters. The Hall–Kier alpha value is -1.31. The Labute approximate surface area is 116 Å². The zero-order valence-electron chi connectivity index (χ0n) is 11.3. The first kappa shape index (κ1) is 15.7. The number of hydrogen-bond acceptors (Lipinski definition) is 3. The fourth-order valence-corrected chi connectivity index (χ4v) is 2.57. The van der Waals surface area contributed by atoms with Crippen LogP contribution in [0.2, 0.25) is 0 Å². The second kappa shape index (κ2) is 7.98. The lowest BCUT2D eigenvalue weighted by atomic mass is 10.1. The van der Waals surface area contributed by atoms with Gasteiger partial charge >= 0.3 is 0 Å². The molecule has 104 valence electrons. The number of terminal acetylenes is 1. The van der Waals surface area contributed by atoms with Crippen LogP contribution < -0.4 is 0 Å². The standard InChI is InChI=1S/C15H20O3S/c1-3-4-5-6-7-8-13-18-19(16,17)15-11-9-14(2)10-12-15/h1,9-12H,4-8,13H2,2H3. The molecule has 1 aromatic rings. The van der Waals surface area contributed by atoms with E-state index >= 15 is 0 Å². The summed E-state index contributed by atoms with van der Waals surface area (Å²) in [7, 11) is -3.61. The van der Waals surface area contributed by atoms with Crippen molar-refractivity contribution in [3.63, 3.8) is 0 Å². The van der Waals surface area contributed by atoms with Gasteiger partial charge in [0, 0.05) is 6.42 Å². The SMILES string of the molecule is C#CCCCCCCOS(=O)(=O)c1ccc(C)cc1. The Balaban J connectivity index is 2.32. The lowest BCUT2D eigenvalue weighted by Crippen LogP contribution is -2.07. The molecular formula is C15H20O3S. The normalized spacial score (nSPS) is 11.2. The van der Waals surface area contributed by atoms with Crippen molar-refractivity contribution in [3.8, 4) is 12.3 Å². The third kappa shape index (κ3) is 5.91.